The van der Waals surface area contributed by atoms with Crippen LogP contribution in [0.4, 0.5) is 34.1 Å². The van der Waals surface area contributed by atoms with Crippen molar-refractivity contribution in [3.05, 3.63) is 192 Å². The van der Waals surface area contributed by atoms with Gasteiger partial charge in [0.2, 0.25) is 0 Å². The Bertz CT molecular complexity index is 3600. The third-order valence-electron chi connectivity index (χ3n) is 13.5. The van der Waals surface area contributed by atoms with Crippen LogP contribution in [-0.4, -0.2) is 0 Å². The van der Waals surface area contributed by atoms with E-state index in [1.165, 1.54) is 49.4 Å². The zero-order chi connectivity index (χ0) is 43.6. The monoisotopic (exact) mass is 828 g/mol. The lowest BCUT2D eigenvalue weighted by Crippen LogP contribution is -2.16. The summed E-state index contributed by atoms with van der Waals surface area (Å²) in [5, 5.41) is 11.7. The molecule has 2 aromatic heterocycles. The van der Waals surface area contributed by atoms with E-state index in [1.54, 1.807) is 0 Å². The average Bonchev–Trinajstić information content (AvgIpc) is 3.87. The Kier molecular flexibility index (Phi) is 8.33. The summed E-state index contributed by atoms with van der Waals surface area (Å²) < 4.78 is 13.8. The van der Waals surface area contributed by atoms with Gasteiger partial charge in [-0.25, -0.2) is 0 Å². The van der Waals surface area contributed by atoms with Crippen molar-refractivity contribution in [3.63, 3.8) is 0 Å². The summed E-state index contributed by atoms with van der Waals surface area (Å²) in [6, 6.07) is 60.1. The number of benzene rings is 10. The molecule has 10 aromatic carbocycles. The first-order chi connectivity index (χ1) is 31.0. The SMILES string of the molecule is Cc1ccc(N(c2cc(N(c3ccc(C)cc3C)c3cccc4c3oc3ccccc34)c3ccc4cc(C(C)(C)C)cc5ccc2c3c54)c2cccc3c2oc2ccccc23)c(C)c1. The lowest BCUT2D eigenvalue weighted by molar-refractivity contribution is 0.591. The summed E-state index contributed by atoms with van der Waals surface area (Å²) in [6.07, 6.45) is 0. The molecule has 0 aliphatic rings. The zero-order valence-electron chi connectivity index (χ0n) is 37.3. The minimum absolute atomic E-state index is 0.0170. The maximum Gasteiger partial charge on any atom is 0.159 e. The third kappa shape index (κ3) is 5.75. The molecule has 0 aliphatic carbocycles. The van der Waals surface area contributed by atoms with Crippen molar-refractivity contribution in [3.8, 4) is 0 Å². The van der Waals surface area contributed by atoms with E-state index in [0.717, 1.165) is 88.8 Å². The number of para-hydroxylation sites is 4. The van der Waals surface area contributed by atoms with E-state index in [2.05, 4.69) is 222 Å². The fourth-order valence-electron chi connectivity index (χ4n) is 10.4. The van der Waals surface area contributed by atoms with Gasteiger partial charge in [-0.1, -0.05) is 153 Å². The fourth-order valence-corrected chi connectivity index (χ4v) is 10.4. The predicted octanol–water partition coefficient (Wildman–Crippen LogP) is 17.9. The number of fused-ring (bicyclic) bond motifs is 6. The van der Waals surface area contributed by atoms with Crippen LogP contribution in [0.3, 0.4) is 0 Å². The van der Waals surface area contributed by atoms with Crippen molar-refractivity contribution in [2.45, 2.75) is 53.9 Å². The molecule has 64 heavy (non-hydrogen) atoms. The first-order valence-electron chi connectivity index (χ1n) is 22.3. The van der Waals surface area contributed by atoms with Crippen molar-refractivity contribution in [1.29, 1.82) is 0 Å². The highest BCUT2D eigenvalue weighted by Gasteiger charge is 2.29. The third-order valence-corrected chi connectivity index (χ3v) is 13.5. The van der Waals surface area contributed by atoms with Crippen LogP contribution in [-0.2, 0) is 5.41 Å². The number of anilines is 6. The second-order valence-electron chi connectivity index (χ2n) is 18.8. The van der Waals surface area contributed by atoms with Crippen molar-refractivity contribution in [1.82, 2.24) is 0 Å². The maximum absolute atomic E-state index is 6.90. The second kappa shape index (κ2) is 14.0. The number of hydrogen-bond donors (Lipinski definition) is 0. The van der Waals surface area contributed by atoms with Crippen LogP contribution in [0.5, 0.6) is 0 Å². The highest BCUT2D eigenvalue weighted by Crippen LogP contribution is 2.53. The molecule has 0 N–H and O–H groups in total. The van der Waals surface area contributed by atoms with Gasteiger partial charge < -0.3 is 18.6 Å². The zero-order valence-corrected chi connectivity index (χ0v) is 37.3. The summed E-state index contributed by atoms with van der Waals surface area (Å²) in [4.78, 5) is 4.91. The molecule has 0 bridgehead atoms. The fraction of sp³-hybridized carbons (Fsp3) is 0.133. The van der Waals surface area contributed by atoms with Gasteiger partial charge in [0.1, 0.15) is 11.2 Å². The largest absolute Gasteiger partial charge is 0.454 e. The van der Waals surface area contributed by atoms with Crippen LogP contribution in [0.2, 0.25) is 0 Å². The van der Waals surface area contributed by atoms with Gasteiger partial charge in [-0.2, -0.15) is 0 Å². The Morgan fingerprint density at radius 3 is 1.27 bits per heavy atom. The predicted molar refractivity (Wildman–Crippen MR) is 272 cm³/mol. The normalized spacial score (nSPS) is 12.3. The lowest BCUT2D eigenvalue weighted by Gasteiger charge is -2.33. The highest BCUT2D eigenvalue weighted by molar-refractivity contribution is 6.29. The Balaban J connectivity index is 1.27. The van der Waals surface area contributed by atoms with Gasteiger partial charge in [0.25, 0.3) is 0 Å². The Labute approximate surface area is 372 Å². The summed E-state index contributed by atoms with van der Waals surface area (Å²) in [6.45, 7) is 15.7. The molecule has 0 atom stereocenters. The van der Waals surface area contributed by atoms with Crippen LogP contribution >= 0.6 is 0 Å². The molecule has 4 heteroatoms. The maximum atomic E-state index is 6.90. The standard InChI is InChI=1S/C60H48N2O2/c1-35-22-28-48(37(3)30-35)61(50-18-12-16-44-42-14-8-10-20-54(42)63-58(44)50)52-34-53(47-27-25-40-33-41(60(5,6)7)32-39-24-26-46(52)57(47)56(39)40)62(49-29-23-36(2)31-38(49)4)51-19-13-17-45-43-15-9-11-21-55(43)64-59(45)51/h8-34H,1-7H3. The molecule has 0 saturated heterocycles. The van der Waals surface area contributed by atoms with Gasteiger partial charge >= 0.3 is 0 Å². The van der Waals surface area contributed by atoms with E-state index in [1.807, 2.05) is 0 Å². The molecular weight excluding hydrogens is 781 g/mol. The van der Waals surface area contributed by atoms with Crippen molar-refractivity contribution < 1.29 is 8.83 Å². The van der Waals surface area contributed by atoms with Crippen molar-refractivity contribution in [2.75, 3.05) is 9.80 Å². The molecule has 0 saturated carbocycles. The van der Waals surface area contributed by atoms with Crippen LogP contribution in [0.25, 0.3) is 76.2 Å². The van der Waals surface area contributed by atoms with E-state index in [4.69, 9.17) is 8.83 Å². The minimum Gasteiger partial charge on any atom is -0.454 e. The molecule has 0 amide bonds. The van der Waals surface area contributed by atoms with Crippen LogP contribution in [0.1, 0.15) is 48.6 Å². The molecule has 0 fully saturated rings. The Morgan fingerprint density at radius 2 is 0.812 bits per heavy atom. The number of furan rings is 2. The van der Waals surface area contributed by atoms with E-state index in [0.29, 0.717) is 0 Å². The molecule has 0 radical (unpaired) electrons. The summed E-state index contributed by atoms with van der Waals surface area (Å²) in [5.41, 5.74) is 15.8. The van der Waals surface area contributed by atoms with Gasteiger partial charge in [-0.05, 0) is 108 Å². The van der Waals surface area contributed by atoms with E-state index in [-0.39, 0.29) is 5.41 Å². The van der Waals surface area contributed by atoms with Gasteiger partial charge in [-0.15, -0.1) is 0 Å². The number of nitrogens with zero attached hydrogens (tertiary/aromatic N) is 2. The van der Waals surface area contributed by atoms with Gasteiger partial charge in [0.05, 0.1) is 22.7 Å². The van der Waals surface area contributed by atoms with E-state index in [9.17, 15) is 0 Å². The van der Waals surface area contributed by atoms with Crippen LogP contribution < -0.4 is 9.80 Å². The van der Waals surface area contributed by atoms with E-state index >= 15 is 0 Å². The molecule has 0 aliphatic heterocycles. The van der Waals surface area contributed by atoms with Crippen molar-refractivity contribution >= 4 is 110 Å². The number of aryl methyl sites for hydroxylation is 4. The molecule has 4 nitrogen and oxygen atoms in total. The molecule has 12 aromatic rings. The molecule has 0 unspecified atom stereocenters. The molecular formula is C60H48N2O2. The topological polar surface area (TPSA) is 32.8 Å². The van der Waals surface area contributed by atoms with Gasteiger partial charge in [0.15, 0.2) is 11.2 Å². The molecule has 310 valence electrons. The second-order valence-corrected chi connectivity index (χ2v) is 18.8. The molecule has 12 rings (SSSR count). The summed E-state index contributed by atoms with van der Waals surface area (Å²) in [5.74, 6) is 0. The first kappa shape index (κ1) is 38.1. The van der Waals surface area contributed by atoms with E-state index < -0.39 is 0 Å². The average molecular weight is 829 g/mol. The lowest BCUT2D eigenvalue weighted by atomic mass is 9.83. The summed E-state index contributed by atoms with van der Waals surface area (Å²) >= 11 is 0. The Morgan fingerprint density at radius 1 is 0.359 bits per heavy atom. The molecule has 2 heterocycles. The minimum atomic E-state index is -0.0170. The first-order valence-corrected chi connectivity index (χ1v) is 22.3. The quantitative estimate of drug-likeness (QED) is 0.156. The smallest absolute Gasteiger partial charge is 0.159 e. The molecule has 0 spiro atoms. The number of rotatable bonds is 6. The highest BCUT2D eigenvalue weighted by atomic mass is 16.3. The van der Waals surface area contributed by atoms with Crippen LogP contribution in [0.15, 0.2) is 173 Å². The van der Waals surface area contributed by atoms with Crippen molar-refractivity contribution in [2.24, 2.45) is 0 Å². The van der Waals surface area contributed by atoms with Crippen LogP contribution in [0, 0.1) is 27.7 Å². The number of hydrogen-bond acceptors (Lipinski definition) is 4. The van der Waals surface area contributed by atoms with Gasteiger partial charge in [-0.3, -0.25) is 0 Å². The van der Waals surface area contributed by atoms with Gasteiger partial charge in [0, 0.05) is 49.1 Å². The summed E-state index contributed by atoms with van der Waals surface area (Å²) in [7, 11) is 0. The Hall–Kier alpha value is -7.56.